The minimum Gasteiger partial charge on any atom is -0.410 e. The van der Waals surface area contributed by atoms with Crippen molar-refractivity contribution < 1.29 is 47.6 Å². The summed E-state index contributed by atoms with van der Waals surface area (Å²) in [5, 5.41) is 5.54. The summed E-state index contributed by atoms with van der Waals surface area (Å²) >= 11 is 13.0. The van der Waals surface area contributed by atoms with Crippen molar-refractivity contribution in [1.29, 1.82) is 0 Å². The molecular formula is C44H43Cl2N4O10P. The fraction of sp³-hybridized carbons (Fsp3) is 0.386. The number of phosphoric ester groups is 1. The van der Waals surface area contributed by atoms with Gasteiger partial charge in [-0.1, -0.05) is 61.4 Å². The van der Waals surface area contributed by atoms with Gasteiger partial charge in [0.2, 0.25) is 11.8 Å². The zero-order valence-corrected chi connectivity index (χ0v) is 35.4. The van der Waals surface area contributed by atoms with Gasteiger partial charge in [0.15, 0.2) is 0 Å². The monoisotopic (exact) mass is 888 g/mol. The molecule has 61 heavy (non-hydrogen) atoms. The molecule has 0 spiro atoms. The first-order chi connectivity index (χ1) is 29.3. The number of phosphoric acid groups is 1. The van der Waals surface area contributed by atoms with Crippen molar-refractivity contribution in [3.05, 3.63) is 83.9 Å². The van der Waals surface area contributed by atoms with Gasteiger partial charge in [-0.15, -0.1) is 23.2 Å². The molecule has 0 unspecified atom stereocenters. The Bertz CT molecular complexity index is 2580. The van der Waals surface area contributed by atoms with Crippen LogP contribution in [0.4, 0.5) is 16.2 Å². The van der Waals surface area contributed by atoms with Crippen molar-refractivity contribution in [2.45, 2.75) is 56.8 Å². The zero-order valence-electron chi connectivity index (χ0n) is 33.0. The standard InChI is InChI=1S/C44H43Cl2N4O10P/c45-19-26-21-49(32-17-34(28-9-3-5-11-30(28)38(26)32)59-42(55)47-15-7-1-2-8-16-48-36(51)13-14-37(48)52)40(53)43-23-44(24-43,25-43)41(54)50-22-27(20-46)39-31-12-6-4-10-29(31)35(18-33(39)50)60-61(56,57)58/h3-6,9-14,17-18,26-27H,1-2,7-8,15-16,19-25H2,(H,47,55)(H2,56,57,58)/t26-,27-,43?,44?/m1/s1. The van der Waals surface area contributed by atoms with Crippen molar-refractivity contribution in [1.82, 2.24) is 10.2 Å². The Morgan fingerprint density at radius 1 is 0.721 bits per heavy atom. The summed E-state index contributed by atoms with van der Waals surface area (Å²) in [6, 6.07) is 17.9. The molecule has 0 aromatic heterocycles. The van der Waals surface area contributed by atoms with Crippen LogP contribution in [-0.4, -0.2) is 82.3 Å². The van der Waals surface area contributed by atoms with Crippen LogP contribution in [0.5, 0.6) is 11.5 Å². The molecule has 17 heteroatoms. The van der Waals surface area contributed by atoms with E-state index in [1.807, 2.05) is 36.4 Å². The fourth-order valence-electron chi connectivity index (χ4n) is 10.3. The SMILES string of the molecule is O=C(NCCCCCCN1C(=O)C=CC1=O)Oc1cc2c(c3ccccc13)[C@H](CCl)CN2C(=O)C12CC(C(=O)N3C[C@@H](CCl)c4c3cc(OP(=O)(O)O)c3ccccc43)(C1)C2. The second-order valence-corrected chi connectivity index (χ2v) is 18.6. The largest absolute Gasteiger partial charge is 0.524 e. The van der Waals surface area contributed by atoms with E-state index in [-0.39, 0.29) is 59.5 Å². The number of carbonyl (C=O) groups excluding carboxylic acids is 5. The number of amides is 5. The van der Waals surface area contributed by atoms with Gasteiger partial charge in [-0.3, -0.25) is 33.9 Å². The summed E-state index contributed by atoms with van der Waals surface area (Å²) < 4.78 is 23.0. The number of nitrogens with zero attached hydrogens (tertiary/aromatic N) is 3. The molecule has 3 aliphatic heterocycles. The topological polar surface area (TPSA) is 183 Å². The lowest BCUT2D eigenvalue weighted by Gasteiger charge is -2.69. The second kappa shape index (κ2) is 15.7. The van der Waals surface area contributed by atoms with Crippen LogP contribution in [0.15, 0.2) is 72.8 Å². The summed E-state index contributed by atoms with van der Waals surface area (Å²) in [5.74, 6) is -0.515. The van der Waals surface area contributed by atoms with E-state index >= 15 is 0 Å². The van der Waals surface area contributed by atoms with Crippen LogP contribution in [0.1, 0.15) is 67.9 Å². The van der Waals surface area contributed by atoms with Gasteiger partial charge >= 0.3 is 13.9 Å². The van der Waals surface area contributed by atoms with Gasteiger partial charge in [-0.2, -0.15) is 0 Å². The fourth-order valence-corrected chi connectivity index (χ4v) is 11.2. The molecule has 4 aromatic rings. The van der Waals surface area contributed by atoms with E-state index in [4.69, 9.17) is 32.5 Å². The minimum absolute atomic E-state index is 0.0346. The number of alkyl halides is 2. The first-order valence-electron chi connectivity index (χ1n) is 20.4. The Morgan fingerprint density at radius 3 is 1.70 bits per heavy atom. The molecule has 3 heterocycles. The number of rotatable bonds is 14. The number of imide groups is 1. The van der Waals surface area contributed by atoms with Crippen molar-refractivity contribution in [2.75, 3.05) is 47.7 Å². The molecule has 0 radical (unpaired) electrons. The predicted octanol–water partition coefficient (Wildman–Crippen LogP) is 7.25. The van der Waals surface area contributed by atoms with Crippen molar-refractivity contribution in [3.63, 3.8) is 0 Å². The Labute approximate surface area is 361 Å². The molecule has 318 valence electrons. The van der Waals surface area contributed by atoms with Crippen molar-refractivity contribution >= 4 is 93.7 Å². The van der Waals surface area contributed by atoms with Crippen LogP contribution in [0.2, 0.25) is 0 Å². The number of halogens is 2. The van der Waals surface area contributed by atoms with Gasteiger partial charge in [-0.25, -0.2) is 9.36 Å². The third-order valence-corrected chi connectivity index (χ3v) is 14.1. The summed E-state index contributed by atoms with van der Waals surface area (Å²) in [7, 11) is -4.93. The maximum atomic E-state index is 14.6. The van der Waals surface area contributed by atoms with Gasteiger partial charge < -0.3 is 24.4 Å². The molecule has 10 rings (SSSR count). The highest BCUT2D eigenvalue weighted by molar-refractivity contribution is 7.46. The van der Waals surface area contributed by atoms with E-state index in [2.05, 4.69) is 5.32 Å². The van der Waals surface area contributed by atoms with Crippen LogP contribution in [-0.2, 0) is 23.7 Å². The molecule has 5 amide bonds. The number of nitrogens with one attached hydrogen (secondary N) is 1. The quantitative estimate of drug-likeness (QED) is 0.0505. The second-order valence-electron chi connectivity index (χ2n) is 16.8. The Hall–Kier alpha value is -4.98. The van der Waals surface area contributed by atoms with Crippen molar-refractivity contribution in [3.8, 4) is 11.5 Å². The van der Waals surface area contributed by atoms with Crippen LogP contribution in [0, 0.1) is 10.8 Å². The van der Waals surface area contributed by atoms with Crippen LogP contribution in [0.3, 0.4) is 0 Å². The van der Waals surface area contributed by atoms with Gasteiger partial charge in [-0.05, 0) is 54.0 Å². The molecular weight excluding hydrogens is 846 g/mol. The van der Waals surface area contributed by atoms with Crippen LogP contribution in [0.25, 0.3) is 21.5 Å². The third-order valence-electron chi connectivity index (χ3n) is 13.0. The van der Waals surface area contributed by atoms with E-state index in [1.165, 1.54) is 23.1 Å². The normalized spacial score (nSPS) is 23.6. The number of ether oxygens (including phenoxy) is 1. The lowest BCUT2D eigenvalue weighted by Crippen LogP contribution is -2.73. The van der Waals surface area contributed by atoms with Crippen LogP contribution >= 0.6 is 31.0 Å². The van der Waals surface area contributed by atoms with E-state index in [1.54, 1.807) is 28.0 Å². The van der Waals surface area contributed by atoms with Gasteiger partial charge in [0.25, 0.3) is 11.8 Å². The molecule has 3 N–H and O–H groups in total. The van der Waals surface area contributed by atoms with Gasteiger partial charge in [0.1, 0.15) is 11.5 Å². The number of hydrogen-bond donors (Lipinski definition) is 3. The summed E-state index contributed by atoms with van der Waals surface area (Å²) in [4.78, 5) is 89.7. The maximum Gasteiger partial charge on any atom is 0.524 e. The van der Waals surface area contributed by atoms with E-state index in [0.29, 0.717) is 85.0 Å². The van der Waals surface area contributed by atoms with Crippen molar-refractivity contribution in [2.24, 2.45) is 10.8 Å². The molecule has 3 aliphatic carbocycles. The first kappa shape index (κ1) is 41.4. The molecule has 4 aromatic carbocycles. The lowest BCUT2D eigenvalue weighted by molar-refractivity contribution is -0.205. The predicted molar refractivity (Wildman–Crippen MR) is 229 cm³/mol. The molecule has 0 saturated heterocycles. The number of benzene rings is 4. The number of hydrogen-bond acceptors (Lipinski definition) is 8. The molecule has 3 fully saturated rings. The Kier molecular flexibility index (Phi) is 10.7. The Morgan fingerprint density at radius 2 is 1.20 bits per heavy atom. The lowest BCUT2D eigenvalue weighted by atomic mass is 9.34. The molecule has 2 atom stereocenters. The summed E-state index contributed by atoms with van der Waals surface area (Å²) in [6.45, 7) is 1.34. The molecule has 14 nitrogen and oxygen atoms in total. The first-order valence-corrected chi connectivity index (χ1v) is 23.0. The highest BCUT2D eigenvalue weighted by atomic mass is 35.5. The van der Waals surface area contributed by atoms with Gasteiger partial charge in [0, 0.05) is 84.8 Å². The maximum absolute atomic E-state index is 14.6. The number of fused-ring (bicyclic) bond motifs is 6. The highest BCUT2D eigenvalue weighted by Gasteiger charge is 2.76. The Balaban J connectivity index is 0.888. The average Bonchev–Trinajstić information content (AvgIpc) is 3.88. The number of unbranched alkanes of at least 4 members (excludes halogenated alkanes) is 3. The minimum atomic E-state index is -4.93. The molecule has 6 aliphatic rings. The zero-order chi connectivity index (χ0) is 42.8. The van der Waals surface area contributed by atoms with Crippen LogP contribution < -0.4 is 24.4 Å². The third kappa shape index (κ3) is 7.16. The average molecular weight is 890 g/mol. The van der Waals surface area contributed by atoms with Gasteiger partial charge in [0.05, 0.1) is 22.2 Å². The summed E-state index contributed by atoms with van der Waals surface area (Å²) in [5.41, 5.74) is 1.29. The summed E-state index contributed by atoms with van der Waals surface area (Å²) in [6.07, 6.45) is 5.84. The molecule has 2 bridgehead atoms. The number of carbonyl (C=O) groups is 5. The smallest absolute Gasteiger partial charge is 0.410 e. The van der Waals surface area contributed by atoms with E-state index in [0.717, 1.165) is 29.4 Å². The van der Waals surface area contributed by atoms with E-state index in [9.17, 15) is 38.3 Å². The van der Waals surface area contributed by atoms with E-state index < -0.39 is 24.7 Å². The molecule has 3 saturated carbocycles. The number of anilines is 2. The highest BCUT2D eigenvalue weighted by Crippen LogP contribution is 2.75.